The molecule has 0 fully saturated rings. The van der Waals surface area contributed by atoms with Gasteiger partial charge in [0.2, 0.25) is 0 Å². The zero-order valence-corrected chi connectivity index (χ0v) is 29.7. The van der Waals surface area contributed by atoms with Crippen molar-refractivity contribution >= 4 is 25.2 Å². The Morgan fingerprint density at radius 3 is 2.29 bits per heavy atom. The van der Waals surface area contributed by atoms with Crippen molar-refractivity contribution in [3.05, 3.63) is 49.7 Å². The van der Waals surface area contributed by atoms with Crippen LogP contribution in [0.4, 0.5) is 0 Å². The number of rotatable bonds is 6. The summed E-state index contributed by atoms with van der Waals surface area (Å²) >= 11 is 1.64. The minimum atomic E-state index is -2.11. The molecule has 0 aromatic carbocycles. The topological polar surface area (TPSA) is 64.5 Å². The van der Waals surface area contributed by atoms with Crippen molar-refractivity contribution in [2.75, 3.05) is 13.2 Å². The van der Waals surface area contributed by atoms with Crippen LogP contribution in [0.2, 0.25) is 18.1 Å². The monoisotopic (exact) mass is 598 g/mol. The highest BCUT2D eigenvalue weighted by Gasteiger charge is 2.45. The SMILES string of the molecule is Cc1nc(C(O)c2c(C(C)C)nc3c(c2C2=CCOCC2)[C@@H](O[Si](C)(C)C(C)(C)C)CC(C)(C)C3)sc1C(C)(C)C. The first kappa shape index (κ1) is 32.5. The normalized spacial score (nSPS) is 20.7. The summed E-state index contributed by atoms with van der Waals surface area (Å²) in [6.07, 6.45) is 3.94. The first-order valence-corrected chi connectivity index (χ1v) is 19.1. The third-order valence-corrected chi connectivity index (χ3v) is 15.3. The van der Waals surface area contributed by atoms with Crippen molar-refractivity contribution < 1.29 is 14.3 Å². The van der Waals surface area contributed by atoms with E-state index in [-0.39, 0.29) is 27.9 Å². The van der Waals surface area contributed by atoms with Crippen molar-refractivity contribution in [3.8, 4) is 0 Å². The van der Waals surface area contributed by atoms with E-state index in [1.165, 1.54) is 16.0 Å². The maximum absolute atomic E-state index is 12.3. The first-order chi connectivity index (χ1) is 18.7. The molecule has 0 amide bonds. The first-order valence-electron chi connectivity index (χ1n) is 15.4. The number of aliphatic hydroxyl groups is 1. The molecule has 2 aromatic heterocycles. The number of aryl methyl sites for hydroxylation is 1. The van der Waals surface area contributed by atoms with Crippen molar-refractivity contribution in [2.45, 2.75) is 137 Å². The number of fused-ring (bicyclic) bond motifs is 1. The maximum atomic E-state index is 12.3. The van der Waals surface area contributed by atoms with E-state index in [4.69, 9.17) is 19.1 Å². The number of thiazole rings is 1. The number of ether oxygens (including phenoxy) is 1. The van der Waals surface area contributed by atoms with Crippen LogP contribution in [0.3, 0.4) is 0 Å². The summed E-state index contributed by atoms with van der Waals surface area (Å²) in [5, 5.41) is 13.1. The van der Waals surface area contributed by atoms with Crippen LogP contribution >= 0.6 is 11.3 Å². The lowest BCUT2D eigenvalue weighted by atomic mass is 9.71. The van der Waals surface area contributed by atoms with Crippen molar-refractivity contribution in [1.29, 1.82) is 0 Å². The Morgan fingerprint density at radius 1 is 1.12 bits per heavy atom. The maximum Gasteiger partial charge on any atom is 0.192 e. The van der Waals surface area contributed by atoms with Crippen LogP contribution in [0.1, 0.15) is 144 Å². The van der Waals surface area contributed by atoms with E-state index < -0.39 is 14.4 Å². The average Bonchev–Trinajstić information content (AvgIpc) is 3.23. The molecule has 0 saturated carbocycles. The van der Waals surface area contributed by atoms with Gasteiger partial charge in [-0.3, -0.25) is 4.98 Å². The van der Waals surface area contributed by atoms with Crippen molar-refractivity contribution in [2.24, 2.45) is 5.41 Å². The number of aliphatic hydroxyl groups excluding tert-OH is 1. The summed E-state index contributed by atoms with van der Waals surface area (Å²) < 4.78 is 13.1. The molecule has 1 unspecified atom stereocenters. The van der Waals surface area contributed by atoms with E-state index in [0.29, 0.717) is 13.2 Å². The van der Waals surface area contributed by atoms with Gasteiger partial charge in [0, 0.05) is 21.7 Å². The van der Waals surface area contributed by atoms with Gasteiger partial charge in [0.05, 0.1) is 30.7 Å². The fourth-order valence-electron chi connectivity index (χ4n) is 6.10. The van der Waals surface area contributed by atoms with Gasteiger partial charge < -0.3 is 14.3 Å². The van der Waals surface area contributed by atoms with Crippen molar-refractivity contribution in [3.63, 3.8) is 0 Å². The van der Waals surface area contributed by atoms with Gasteiger partial charge in [-0.25, -0.2) is 4.98 Å². The molecular formula is C34H54N2O3SSi. The van der Waals surface area contributed by atoms with Crippen molar-refractivity contribution in [1.82, 2.24) is 9.97 Å². The predicted octanol–water partition coefficient (Wildman–Crippen LogP) is 9.19. The van der Waals surface area contributed by atoms with Gasteiger partial charge in [0.15, 0.2) is 8.32 Å². The van der Waals surface area contributed by atoms with E-state index in [1.807, 2.05) is 0 Å². The number of aromatic nitrogens is 2. The van der Waals surface area contributed by atoms with Gasteiger partial charge in [-0.1, -0.05) is 75.3 Å². The molecule has 0 bridgehead atoms. The second-order valence-electron chi connectivity index (χ2n) is 15.9. The summed E-state index contributed by atoms with van der Waals surface area (Å²) in [6, 6.07) is 0. The lowest BCUT2D eigenvalue weighted by molar-refractivity contribution is 0.105. The van der Waals surface area contributed by atoms with Gasteiger partial charge in [0.25, 0.3) is 0 Å². The Morgan fingerprint density at radius 2 is 1.78 bits per heavy atom. The standard InChI is InChI=1S/C34H54N2O3SSi/c1-20(2)28-27(29(37)31-35-21(3)30(40-31)32(4,5)6)25(22-14-16-38-17-15-22)26-23(36-28)18-34(10,11)19-24(26)39-41(12,13)33(7,8)9/h14,20,24,29,37H,15-19H2,1-13H3/t24-,29?/m0/s1. The number of pyridine rings is 1. The summed E-state index contributed by atoms with van der Waals surface area (Å²) in [6.45, 7) is 30.7. The van der Waals surface area contributed by atoms with Crippen LogP contribution < -0.4 is 0 Å². The van der Waals surface area contributed by atoms with E-state index in [0.717, 1.165) is 52.5 Å². The zero-order valence-electron chi connectivity index (χ0n) is 27.9. The Hall–Kier alpha value is -1.38. The predicted molar refractivity (Wildman–Crippen MR) is 174 cm³/mol. The van der Waals surface area contributed by atoms with E-state index >= 15 is 0 Å². The molecule has 5 nitrogen and oxygen atoms in total. The molecule has 4 rings (SSSR count). The Labute approximate surface area is 254 Å². The van der Waals surface area contributed by atoms with Gasteiger partial charge in [0.1, 0.15) is 11.1 Å². The molecule has 7 heteroatoms. The third-order valence-electron chi connectivity index (χ3n) is 9.16. The highest BCUT2D eigenvalue weighted by Crippen LogP contribution is 2.52. The van der Waals surface area contributed by atoms with Gasteiger partial charge in [-0.2, -0.15) is 0 Å². The molecule has 0 spiro atoms. The van der Waals surface area contributed by atoms with E-state index in [1.54, 1.807) is 11.3 Å². The van der Waals surface area contributed by atoms with Crippen LogP contribution in [0.25, 0.3) is 5.57 Å². The summed E-state index contributed by atoms with van der Waals surface area (Å²) in [5.41, 5.74) is 7.67. The second kappa shape index (κ2) is 11.3. The molecular weight excluding hydrogens is 545 g/mol. The lowest BCUT2D eigenvalue weighted by Crippen LogP contribution is -2.44. The minimum Gasteiger partial charge on any atom is -0.410 e. The second-order valence-corrected chi connectivity index (χ2v) is 21.7. The Balaban J connectivity index is 2.04. The number of hydrogen-bond acceptors (Lipinski definition) is 6. The minimum absolute atomic E-state index is 0.0333. The quantitative estimate of drug-likeness (QED) is 0.336. The molecule has 0 saturated heterocycles. The highest BCUT2D eigenvalue weighted by atomic mass is 32.1. The van der Waals surface area contributed by atoms with Gasteiger partial charge >= 0.3 is 0 Å². The molecule has 2 atom stereocenters. The van der Waals surface area contributed by atoms with E-state index in [9.17, 15) is 5.11 Å². The Bertz CT molecular complexity index is 1310. The van der Waals surface area contributed by atoms with Crippen LogP contribution in [0, 0.1) is 12.3 Å². The molecule has 1 aliphatic carbocycles. The van der Waals surface area contributed by atoms with Crippen LogP contribution in [-0.4, -0.2) is 36.6 Å². The zero-order chi connectivity index (χ0) is 30.7. The molecule has 2 aromatic rings. The van der Waals surface area contributed by atoms with Gasteiger partial charge in [-0.05, 0) is 72.2 Å². The molecule has 1 N–H and O–H groups in total. The smallest absolute Gasteiger partial charge is 0.192 e. The van der Waals surface area contributed by atoms with Crippen LogP contribution in [0.5, 0.6) is 0 Å². The molecule has 0 radical (unpaired) electrons. The molecule has 2 aliphatic rings. The summed E-state index contributed by atoms with van der Waals surface area (Å²) in [7, 11) is -2.11. The lowest BCUT2D eigenvalue weighted by Gasteiger charge is -2.45. The molecule has 1 aliphatic heterocycles. The van der Waals surface area contributed by atoms with Crippen LogP contribution in [-0.2, 0) is 21.0 Å². The fraction of sp³-hybridized carbons (Fsp3) is 0.706. The third kappa shape index (κ3) is 6.59. The summed E-state index contributed by atoms with van der Waals surface area (Å²) in [4.78, 5) is 11.6. The number of hydrogen-bond donors (Lipinski definition) is 1. The van der Waals surface area contributed by atoms with E-state index in [2.05, 4.69) is 95.3 Å². The Kier molecular flexibility index (Phi) is 8.95. The largest absolute Gasteiger partial charge is 0.410 e. The highest BCUT2D eigenvalue weighted by molar-refractivity contribution is 7.12. The number of nitrogens with zero attached hydrogens (tertiary/aromatic N) is 2. The van der Waals surface area contributed by atoms with Crippen LogP contribution in [0.15, 0.2) is 6.08 Å². The molecule has 3 heterocycles. The fourth-order valence-corrected chi connectivity index (χ4v) is 8.48. The molecule has 41 heavy (non-hydrogen) atoms. The molecule has 228 valence electrons. The van der Waals surface area contributed by atoms with Gasteiger partial charge in [-0.15, -0.1) is 11.3 Å². The summed E-state index contributed by atoms with van der Waals surface area (Å²) in [5.74, 6) is 0.150. The average molecular weight is 599 g/mol.